The topological polar surface area (TPSA) is 72.2 Å². The largest absolute Gasteiger partial charge is 0.366 e. The number of primary amides is 1. The minimum Gasteiger partial charge on any atom is -0.366 e. The van der Waals surface area contributed by atoms with Crippen LogP contribution in [-0.2, 0) is 4.79 Å². The van der Waals surface area contributed by atoms with Crippen molar-refractivity contribution in [3.63, 3.8) is 0 Å². The average molecular weight is 298 g/mol. The van der Waals surface area contributed by atoms with Crippen molar-refractivity contribution in [2.45, 2.75) is 6.92 Å². The Labute approximate surface area is 127 Å². The van der Waals surface area contributed by atoms with E-state index in [0.717, 1.165) is 17.2 Å². The van der Waals surface area contributed by atoms with Crippen LogP contribution in [0, 0.1) is 12.7 Å². The van der Waals surface area contributed by atoms with Gasteiger partial charge in [-0.1, -0.05) is 29.8 Å². The standard InChI is InChI=1S/C17H15FN2O2/c1-11-2-4-12(5-3-11)6-9-16(21)20-13-7-8-15(18)14(10-13)17(19)22/h2-10H,1H3,(H2,19,22)(H,20,21)/b9-6+. The number of nitrogens with one attached hydrogen (secondary N) is 1. The number of halogens is 1. The molecule has 2 aromatic rings. The van der Waals surface area contributed by atoms with Crippen molar-refractivity contribution in [2.24, 2.45) is 5.73 Å². The Morgan fingerprint density at radius 3 is 2.45 bits per heavy atom. The lowest BCUT2D eigenvalue weighted by Gasteiger charge is -2.05. The van der Waals surface area contributed by atoms with Crippen LogP contribution in [0.1, 0.15) is 21.5 Å². The second-order valence-electron chi connectivity index (χ2n) is 4.79. The normalized spacial score (nSPS) is 10.6. The minimum absolute atomic E-state index is 0.264. The maximum Gasteiger partial charge on any atom is 0.251 e. The summed E-state index contributed by atoms with van der Waals surface area (Å²) in [6.07, 6.45) is 3.02. The molecule has 0 aliphatic carbocycles. The third-order valence-electron chi connectivity index (χ3n) is 3.00. The predicted molar refractivity (Wildman–Crippen MR) is 83.8 cm³/mol. The first-order valence-electron chi connectivity index (χ1n) is 6.61. The van der Waals surface area contributed by atoms with Crippen LogP contribution in [0.25, 0.3) is 6.08 Å². The highest BCUT2D eigenvalue weighted by atomic mass is 19.1. The van der Waals surface area contributed by atoms with Gasteiger partial charge < -0.3 is 11.1 Å². The molecule has 5 heteroatoms. The first-order chi connectivity index (χ1) is 10.5. The molecular weight excluding hydrogens is 283 g/mol. The van der Waals surface area contributed by atoms with Gasteiger partial charge in [-0.25, -0.2) is 4.39 Å². The van der Waals surface area contributed by atoms with E-state index in [2.05, 4.69) is 5.32 Å². The molecule has 0 unspecified atom stereocenters. The van der Waals surface area contributed by atoms with E-state index in [-0.39, 0.29) is 11.5 Å². The molecule has 4 nitrogen and oxygen atoms in total. The molecule has 22 heavy (non-hydrogen) atoms. The first kappa shape index (κ1) is 15.4. The molecule has 0 aliphatic rings. The van der Waals surface area contributed by atoms with Gasteiger partial charge in [-0.15, -0.1) is 0 Å². The fourth-order valence-corrected chi connectivity index (χ4v) is 1.83. The number of carbonyl (C=O) groups is 2. The van der Waals surface area contributed by atoms with Crippen molar-refractivity contribution in [1.29, 1.82) is 0 Å². The van der Waals surface area contributed by atoms with Gasteiger partial charge >= 0.3 is 0 Å². The molecule has 3 N–H and O–H groups in total. The summed E-state index contributed by atoms with van der Waals surface area (Å²) in [7, 11) is 0. The Kier molecular flexibility index (Phi) is 4.68. The van der Waals surface area contributed by atoms with E-state index in [9.17, 15) is 14.0 Å². The molecule has 2 rings (SSSR count). The Balaban J connectivity index is 2.07. The Bertz CT molecular complexity index is 737. The zero-order chi connectivity index (χ0) is 16.1. The van der Waals surface area contributed by atoms with Crippen molar-refractivity contribution < 1.29 is 14.0 Å². The molecular formula is C17H15FN2O2. The molecule has 0 fully saturated rings. The van der Waals surface area contributed by atoms with Crippen LogP contribution >= 0.6 is 0 Å². The first-order valence-corrected chi connectivity index (χ1v) is 6.61. The third-order valence-corrected chi connectivity index (χ3v) is 3.00. The van der Waals surface area contributed by atoms with Crippen molar-refractivity contribution in [3.05, 3.63) is 71.0 Å². The third kappa shape index (κ3) is 4.02. The summed E-state index contributed by atoms with van der Waals surface area (Å²) in [6.45, 7) is 1.98. The fourth-order valence-electron chi connectivity index (χ4n) is 1.83. The molecule has 0 saturated carbocycles. The van der Waals surface area contributed by atoms with E-state index in [1.165, 1.54) is 18.2 Å². The second-order valence-corrected chi connectivity index (χ2v) is 4.79. The van der Waals surface area contributed by atoms with Crippen LogP contribution < -0.4 is 11.1 Å². The Morgan fingerprint density at radius 2 is 1.82 bits per heavy atom. The summed E-state index contributed by atoms with van der Waals surface area (Å²) in [5, 5.41) is 2.55. The van der Waals surface area contributed by atoms with E-state index >= 15 is 0 Å². The van der Waals surface area contributed by atoms with Crippen LogP contribution in [0.15, 0.2) is 48.5 Å². The van der Waals surface area contributed by atoms with Gasteiger partial charge in [-0.2, -0.15) is 0 Å². The molecule has 0 bridgehead atoms. The molecule has 0 spiro atoms. The minimum atomic E-state index is -0.885. The van der Waals surface area contributed by atoms with E-state index in [1.54, 1.807) is 6.08 Å². The monoisotopic (exact) mass is 298 g/mol. The average Bonchev–Trinajstić information content (AvgIpc) is 2.48. The van der Waals surface area contributed by atoms with Gasteiger partial charge in [0, 0.05) is 11.8 Å². The lowest BCUT2D eigenvalue weighted by atomic mass is 10.1. The van der Waals surface area contributed by atoms with Crippen LogP contribution in [0.2, 0.25) is 0 Å². The molecule has 0 aliphatic heterocycles. The van der Waals surface area contributed by atoms with Crippen LogP contribution in [0.5, 0.6) is 0 Å². The highest BCUT2D eigenvalue weighted by Gasteiger charge is 2.09. The quantitative estimate of drug-likeness (QED) is 0.852. The van der Waals surface area contributed by atoms with Gasteiger partial charge in [0.05, 0.1) is 5.56 Å². The second kappa shape index (κ2) is 6.67. The van der Waals surface area contributed by atoms with E-state index < -0.39 is 11.7 Å². The zero-order valence-electron chi connectivity index (χ0n) is 12.0. The predicted octanol–water partition coefficient (Wildman–Crippen LogP) is 2.88. The van der Waals surface area contributed by atoms with Gasteiger partial charge in [0.1, 0.15) is 5.82 Å². The highest BCUT2D eigenvalue weighted by Crippen LogP contribution is 2.14. The number of nitrogens with two attached hydrogens (primary N) is 1. The number of rotatable bonds is 4. The summed E-state index contributed by atoms with van der Waals surface area (Å²) in [5.74, 6) is -1.99. The van der Waals surface area contributed by atoms with Crippen molar-refractivity contribution in [2.75, 3.05) is 5.32 Å². The van der Waals surface area contributed by atoms with Gasteiger partial charge in [0.2, 0.25) is 5.91 Å². The van der Waals surface area contributed by atoms with Gasteiger partial charge in [0.15, 0.2) is 0 Å². The SMILES string of the molecule is Cc1ccc(/C=C/C(=O)Nc2ccc(F)c(C(N)=O)c2)cc1. The van der Waals surface area contributed by atoms with Gasteiger partial charge in [0.25, 0.3) is 5.91 Å². The molecule has 0 radical (unpaired) electrons. The fraction of sp³-hybridized carbons (Fsp3) is 0.0588. The van der Waals surface area contributed by atoms with Gasteiger partial charge in [-0.3, -0.25) is 9.59 Å². The van der Waals surface area contributed by atoms with E-state index in [4.69, 9.17) is 5.73 Å². The Morgan fingerprint density at radius 1 is 1.14 bits per heavy atom. The number of anilines is 1. The molecule has 0 saturated heterocycles. The van der Waals surface area contributed by atoms with Crippen LogP contribution in [0.4, 0.5) is 10.1 Å². The van der Waals surface area contributed by atoms with Crippen molar-refractivity contribution in [3.8, 4) is 0 Å². The molecule has 2 aromatic carbocycles. The van der Waals surface area contributed by atoms with Gasteiger partial charge in [-0.05, 0) is 36.8 Å². The number of hydrogen-bond donors (Lipinski definition) is 2. The molecule has 2 amide bonds. The summed E-state index contributed by atoms with van der Waals surface area (Å²) in [4.78, 5) is 22.9. The molecule has 0 aromatic heterocycles. The Hall–Kier alpha value is -2.95. The molecule has 0 atom stereocenters. The summed E-state index contributed by atoms with van der Waals surface area (Å²) >= 11 is 0. The van der Waals surface area contributed by atoms with E-state index in [0.29, 0.717) is 5.69 Å². The number of hydrogen-bond acceptors (Lipinski definition) is 2. The van der Waals surface area contributed by atoms with Crippen molar-refractivity contribution in [1.82, 2.24) is 0 Å². The highest BCUT2D eigenvalue weighted by molar-refractivity contribution is 6.03. The lowest BCUT2D eigenvalue weighted by Crippen LogP contribution is -2.14. The zero-order valence-corrected chi connectivity index (χ0v) is 12.0. The summed E-state index contributed by atoms with van der Waals surface area (Å²) in [6, 6.07) is 11.3. The van der Waals surface area contributed by atoms with Crippen LogP contribution in [-0.4, -0.2) is 11.8 Å². The summed E-state index contributed by atoms with van der Waals surface area (Å²) in [5.41, 5.74) is 7.11. The lowest BCUT2D eigenvalue weighted by molar-refractivity contribution is -0.111. The van der Waals surface area contributed by atoms with E-state index in [1.807, 2.05) is 31.2 Å². The number of benzene rings is 2. The number of amides is 2. The number of aryl methyl sites for hydroxylation is 1. The van der Waals surface area contributed by atoms with Crippen LogP contribution in [0.3, 0.4) is 0 Å². The smallest absolute Gasteiger partial charge is 0.251 e. The maximum absolute atomic E-state index is 13.3. The summed E-state index contributed by atoms with van der Waals surface area (Å²) < 4.78 is 13.3. The van der Waals surface area contributed by atoms with Crippen molar-refractivity contribution >= 4 is 23.6 Å². The maximum atomic E-state index is 13.3. The number of carbonyl (C=O) groups excluding carboxylic acids is 2. The molecule has 0 heterocycles. The molecule has 112 valence electrons.